The van der Waals surface area contributed by atoms with Crippen LogP contribution in [-0.2, 0) is 16.1 Å². The third-order valence-electron chi connectivity index (χ3n) is 2.94. The summed E-state index contributed by atoms with van der Waals surface area (Å²) in [6.45, 7) is 1.71. The van der Waals surface area contributed by atoms with E-state index < -0.39 is 0 Å². The molecule has 0 aliphatic carbocycles. The zero-order chi connectivity index (χ0) is 11.4. The zero-order valence-corrected chi connectivity index (χ0v) is 10.2. The number of likely N-dealkylation sites (tertiary alicyclic amines) is 1. The maximum Gasteiger partial charge on any atom is 0.323 e. The molecule has 0 bridgehead atoms. The van der Waals surface area contributed by atoms with Crippen molar-refractivity contribution >= 4 is 17.3 Å². The minimum absolute atomic E-state index is 0.0829. The van der Waals surface area contributed by atoms with Crippen LogP contribution in [0.5, 0.6) is 0 Å². The summed E-state index contributed by atoms with van der Waals surface area (Å²) in [5.74, 6) is -0.116. The molecule has 1 saturated heterocycles. The van der Waals surface area contributed by atoms with Crippen molar-refractivity contribution in [3.63, 3.8) is 0 Å². The van der Waals surface area contributed by atoms with Gasteiger partial charge in [0, 0.05) is 11.9 Å². The molecular weight excluding hydrogens is 224 g/mol. The van der Waals surface area contributed by atoms with Crippen LogP contribution in [0.1, 0.15) is 25.0 Å². The van der Waals surface area contributed by atoms with Crippen molar-refractivity contribution in [2.75, 3.05) is 13.7 Å². The number of aromatic nitrogens is 1. The molecule has 0 unspecified atom stereocenters. The lowest BCUT2D eigenvalue weighted by Gasteiger charge is -2.33. The summed E-state index contributed by atoms with van der Waals surface area (Å²) in [7, 11) is 1.46. The summed E-state index contributed by atoms with van der Waals surface area (Å²) in [6.07, 6.45) is 3.15. The van der Waals surface area contributed by atoms with Crippen LogP contribution >= 0.6 is 11.3 Å². The molecule has 0 N–H and O–H groups in total. The first kappa shape index (κ1) is 11.5. The van der Waals surface area contributed by atoms with E-state index in [9.17, 15) is 4.79 Å². The summed E-state index contributed by atoms with van der Waals surface area (Å²) >= 11 is 1.59. The van der Waals surface area contributed by atoms with Crippen molar-refractivity contribution in [3.8, 4) is 0 Å². The third kappa shape index (κ3) is 2.59. The van der Waals surface area contributed by atoms with Gasteiger partial charge in [-0.25, -0.2) is 4.98 Å². The van der Waals surface area contributed by atoms with Crippen molar-refractivity contribution in [3.05, 3.63) is 16.6 Å². The number of thiazole rings is 1. The van der Waals surface area contributed by atoms with E-state index in [0.29, 0.717) is 0 Å². The van der Waals surface area contributed by atoms with Crippen molar-refractivity contribution in [2.45, 2.75) is 31.8 Å². The molecule has 0 spiro atoms. The lowest BCUT2D eigenvalue weighted by Crippen LogP contribution is -2.44. The second-order valence-electron chi connectivity index (χ2n) is 3.98. The number of rotatable bonds is 3. The van der Waals surface area contributed by atoms with Crippen molar-refractivity contribution in [1.29, 1.82) is 0 Å². The Balaban J connectivity index is 2.02. The van der Waals surface area contributed by atoms with Gasteiger partial charge in [0.05, 0.1) is 18.3 Å². The number of carbonyl (C=O) groups is 1. The third-order valence-corrected chi connectivity index (χ3v) is 3.57. The number of piperidine rings is 1. The predicted octanol–water partition coefficient (Wildman–Crippen LogP) is 1.67. The minimum atomic E-state index is -0.116. The molecule has 1 aliphatic heterocycles. The van der Waals surface area contributed by atoms with Crippen LogP contribution in [0.3, 0.4) is 0 Å². The first-order valence-electron chi connectivity index (χ1n) is 5.50. The Kier molecular flexibility index (Phi) is 3.90. The van der Waals surface area contributed by atoms with Crippen LogP contribution in [0, 0.1) is 0 Å². The predicted molar refractivity (Wildman–Crippen MR) is 62.2 cm³/mol. The van der Waals surface area contributed by atoms with E-state index in [1.807, 2.05) is 10.9 Å². The highest BCUT2D eigenvalue weighted by atomic mass is 32.1. The summed E-state index contributed by atoms with van der Waals surface area (Å²) in [5.41, 5.74) is 2.87. The molecule has 1 fully saturated rings. The summed E-state index contributed by atoms with van der Waals surface area (Å²) in [6, 6.07) is -0.0829. The average Bonchev–Trinajstić information content (AvgIpc) is 2.82. The van der Waals surface area contributed by atoms with Gasteiger partial charge in [-0.05, 0) is 19.4 Å². The molecule has 0 aromatic carbocycles. The standard InChI is InChI=1S/C11H16N2O2S/c1-15-11(14)10-4-2-3-5-13(10)6-9-7-16-8-12-9/h7-8,10H,2-6H2,1H3/t10-/m1/s1. The number of ether oxygens (including phenoxy) is 1. The molecule has 2 rings (SSSR count). The minimum Gasteiger partial charge on any atom is -0.468 e. The lowest BCUT2D eigenvalue weighted by molar-refractivity contribution is -0.148. The molecule has 1 atom stereocenters. The largest absolute Gasteiger partial charge is 0.468 e. The second-order valence-corrected chi connectivity index (χ2v) is 4.70. The lowest BCUT2D eigenvalue weighted by atomic mass is 10.0. The van der Waals surface area contributed by atoms with E-state index in [1.54, 1.807) is 11.3 Å². The molecule has 0 saturated carbocycles. The van der Waals surface area contributed by atoms with Crippen LogP contribution < -0.4 is 0 Å². The first-order valence-corrected chi connectivity index (χ1v) is 6.44. The van der Waals surface area contributed by atoms with Gasteiger partial charge in [0.25, 0.3) is 0 Å². The monoisotopic (exact) mass is 240 g/mol. The topological polar surface area (TPSA) is 42.4 Å². The number of esters is 1. The van der Waals surface area contributed by atoms with E-state index in [1.165, 1.54) is 7.11 Å². The SMILES string of the molecule is COC(=O)[C@H]1CCCCN1Cc1cscn1. The number of carbonyl (C=O) groups excluding carboxylic acids is 1. The maximum atomic E-state index is 11.6. The van der Waals surface area contributed by atoms with Gasteiger partial charge in [-0.2, -0.15) is 0 Å². The molecule has 4 nitrogen and oxygen atoms in total. The summed E-state index contributed by atoms with van der Waals surface area (Å²) < 4.78 is 4.84. The number of hydrogen-bond donors (Lipinski definition) is 0. The average molecular weight is 240 g/mol. The maximum absolute atomic E-state index is 11.6. The van der Waals surface area contributed by atoms with E-state index >= 15 is 0 Å². The van der Waals surface area contributed by atoms with Gasteiger partial charge in [-0.3, -0.25) is 9.69 Å². The fourth-order valence-electron chi connectivity index (χ4n) is 2.11. The van der Waals surface area contributed by atoms with E-state index in [2.05, 4.69) is 9.88 Å². The summed E-state index contributed by atoms with van der Waals surface area (Å²) in [5, 5.41) is 2.03. The fourth-order valence-corrected chi connectivity index (χ4v) is 2.66. The number of hydrogen-bond acceptors (Lipinski definition) is 5. The molecule has 1 aromatic rings. The Morgan fingerprint density at radius 1 is 1.69 bits per heavy atom. The Morgan fingerprint density at radius 3 is 3.25 bits per heavy atom. The van der Waals surface area contributed by atoms with E-state index in [0.717, 1.165) is 38.0 Å². The zero-order valence-electron chi connectivity index (χ0n) is 9.39. The van der Waals surface area contributed by atoms with Gasteiger partial charge in [0.15, 0.2) is 0 Å². The summed E-state index contributed by atoms with van der Waals surface area (Å²) in [4.78, 5) is 18.0. The molecule has 88 valence electrons. The van der Waals surface area contributed by atoms with Crippen LogP contribution in [0.2, 0.25) is 0 Å². The Morgan fingerprint density at radius 2 is 2.56 bits per heavy atom. The Labute approximate surface area is 99.2 Å². The van der Waals surface area contributed by atoms with Crippen molar-refractivity contribution in [2.24, 2.45) is 0 Å². The molecule has 0 radical (unpaired) electrons. The van der Waals surface area contributed by atoms with Crippen LogP contribution in [-0.4, -0.2) is 35.5 Å². The molecule has 5 heteroatoms. The Hall–Kier alpha value is -0.940. The number of nitrogens with zero attached hydrogens (tertiary/aromatic N) is 2. The highest BCUT2D eigenvalue weighted by Gasteiger charge is 2.29. The molecular formula is C11H16N2O2S. The van der Waals surface area contributed by atoms with Gasteiger partial charge in [0.2, 0.25) is 0 Å². The Bertz CT molecular complexity index is 340. The quantitative estimate of drug-likeness (QED) is 0.754. The van der Waals surface area contributed by atoms with Crippen LogP contribution in [0.4, 0.5) is 0 Å². The molecule has 1 aliphatic rings. The highest BCUT2D eigenvalue weighted by molar-refractivity contribution is 7.07. The van der Waals surface area contributed by atoms with Gasteiger partial charge >= 0.3 is 5.97 Å². The number of methoxy groups -OCH3 is 1. The van der Waals surface area contributed by atoms with Crippen molar-refractivity contribution < 1.29 is 9.53 Å². The van der Waals surface area contributed by atoms with E-state index in [-0.39, 0.29) is 12.0 Å². The van der Waals surface area contributed by atoms with E-state index in [4.69, 9.17) is 4.74 Å². The first-order chi connectivity index (χ1) is 7.81. The van der Waals surface area contributed by atoms with Gasteiger partial charge in [0.1, 0.15) is 6.04 Å². The molecule has 0 amide bonds. The smallest absolute Gasteiger partial charge is 0.323 e. The normalized spacial score (nSPS) is 21.9. The van der Waals surface area contributed by atoms with Crippen LogP contribution in [0.25, 0.3) is 0 Å². The fraction of sp³-hybridized carbons (Fsp3) is 0.636. The van der Waals surface area contributed by atoms with Gasteiger partial charge in [-0.1, -0.05) is 6.42 Å². The van der Waals surface area contributed by atoms with Gasteiger partial charge < -0.3 is 4.74 Å². The van der Waals surface area contributed by atoms with Crippen molar-refractivity contribution in [1.82, 2.24) is 9.88 Å². The molecule has 1 aromatic heterocycles. The second kappa shape index (κ2) is 5.41. The van der Waals surface area contributed by atoms with Crippen LogP contribution in [0.15, 0.2) is 10.9 Å². The highest BCUT2D eigenvalue weighted by Crippen LogP contribution is 2.20. The molecule has 16 heavy (non-hydrogen) atoms. The van der Waals surface area contributed by atoms with Gasteiger partial charge in [-0.15, -0.1) is 11.3 Å². The molecule has 2 heterocycles.